The van der Waals surface area contributed by atoms with Gasteiger partial charge in [0.1, 0.15) is 0 Å². The lowest BCUT2D eigenvalue weighted by Gasteiger charge is -2.30. The second kappa shape index (κ2) is 15.0. The highest BCUT2D eigenvalue weighted by Gasteiger charge is 2.35. The van der Waals surface area contributed by atoms with E-state index in [0.717, 1.165) is 17.5 Å². The molecule has 0 radical (unpaired) electrons. The van der Waals surface area contributed by atoms with Crippen molar-refractivity contribution in [3.8, 4) is 0 Å². The summed E-state index contributed by atoms with van der Waals surface area (Å²) < 4.78 is 0. The highest BCUT2D eigenvalue weighted by Crippen LogP contribution is 2.26. The molecule has 196 valence electrons. The van der Waals surface area contributed by atoms with Gasteiger partial charge >= 0.3 is 0 Å². The van der Waals surface area contributed by atoms with E-state index in [9.17, 15) is 19.6 Å². The monoisotopic (exact) mass is 496 g/mol. The van der Waals surface area contributed by atoms with E-state index in [1.165, 1.54) is 5.01 Å². The predicted octanol–water partition coefficient (Wildman–Crippen LogP) is 3.41. The van der Waals surface area contributed by atoms with Crippen LogP contribution in [0.2, 0.25) is 0 Å². The van der Waals surface area contributed by atoms with Crippen LogP contribution in [-0.4, -0.2) is 53.5 Å². The zero-order valence-electron chi connectivity index (χ0n) is 21.8. The van der Waals surface area contributed by atoms with E-state index in [0.29, 0.717) is 19.3 Å². The van der Waals surface area contributed by atoms with E-state index in [1.807, 2.05) is 74.5 Å². The highest BCUT2D eigenvalue weighted by molar-refractivity contribution is 5.89. The fourth-order valence-electron chi connectivity index (χ4n) is 4.26. The first kappa shape index (κ1) is 29.0. The summed E-state index contributed by atoms with van der Waals surface area (Å²) in [6.45, 7) is 4.30. The molecule has 8 heteroatoms. The summed E-state index contributed by atoms with van der Waals surface area (Å²) in [5.41, 5.74) is 6.58. The maximum Gasteiger partial charge on any atom is 0.255 e. The molecular weight excluding hydrogens is 456 g/mol. The van der Waals surface area contributed by atoms with Crippen molar-refractivity contribution in [3.05, 3.63) is 71.8 Å². The van der Waals surface area contributed by atoms with Gasteiger partial charge in [-0.25, -0.2) is 10.5 Å². The molecule has 0 aliphatic carbocycles. The summed E-state index contributed by atoms with van der Waals surface area (Å²) in [5, 5.41) is 10.8. The normalized spacial score (nSPS) is 12.8. The largest absolute Gasteiger partial charge is 0.301 e. The number of carbonyl (C=O) groups excluding carboxylic acids is 3. The number of rotatable bonds is 13. The second-order valence-electron chi connectivity index (χ2n) is 9.88. The Bertz CT molecular complexity index is 951. The topological polar surface area (TPSA) is 102 Å². The molecule has 0 saturated heterocycles. The number of amides is 3. The number of nitrogens with one attached hydrogen (secondary N) is 2. The van der Waals surface area contributed by atoms with E-state index in [4.69, 9.17) is 0 Å². The lowest BCUT2D eigenvalue weighted by atomic mass is 9.81. The average Bonchev–Trinajstić information content (AvgIpc) is 2.85. The molecule has 0 aliphatic rings. The van der Waals surface area contributed by atoms with Gasteiger partial charge in [-0.1, -0.05) is 74.5 Å². The zero-order valence-corrected chi connectivity index (χ0v) is 21.8. The van der Waals surface area contributed by atoms with Gasteiger partial charge < -0.3 is 4.90 Å². The number of hydrogen-bond donors (Lipinski definition) is 3. The molecule has 2 atom stereocenters. The summed E-state index contributed by atoms with van der Waals surface area (Å²) >= 11 is 0. The van der Waals surface area contributed by atoms with Crippen LogP contribution >= 0.6 is 0 Å². The quantitative estimate of drug-likeness (QED) is 0.291. The standard InChI is InChI=1S/C28H40N4O4/c1-21(2)18-25(24(28(35)30-36)17-11-16-22-12-7-5-8-13-22)27(34)29-32(26(33)20-31(3)4)19-23-14-9-6-10-15-23/h5-10,12-15,21,24-25,36H,11,16-20H2,1-4H3,(H,29,34)(H,30,35)/t24?,25-/m1/s1. The van der Waals surface area contributed by atoms with Crippen LogP contribution in [0.5, 0.6) is 0 Å². The summed E-state index contributed by atoms with van der Waals surface area (Å²) in [4.78, 5) is 41.0. The van der Waals surface area contributed by atoms with Crippen LogP contribution in [0, 0.1) is 17.8 Å². The van der Waals surface area contributed by atoms with Gasteiger partial charge in [-0.15, -0.1) is 0 Å². The first-order chi connectivity index (χ1) is 17.2. The van der Waals surface area contributed by atoms with E-state index >= 15 is 0 Å². The number of aryl methyl sites for hydroxylation is 1. The summed E-state index contributed by atoms with van der Waals surface area (Å²) in [6, 6.07) is 19.4. The maximum atomic E-state index is 13.6. The van der Waals surface area contributed by atoms with Crippen LogP contribution in [-0.2, 0) is 27.3 Å². The molecule has 0 bridgehead atoms. The van der Waals surface area contributed by atoms with Crippen molar-refractivity contribution >= 4 is 17.7 Å². The van der Waals surface area contributed by atoms with Gasteiger partial charge in [-0.2, -0.15) is 0 Å². The van der Waals surface area contributed by atoms with Gasteiger partial charge in [-0.05, 0) is 56.8 Å². The molecule has 36 heavy (non-hydrogen) atoms. The van der Waals surface area contributed by atoms with Crippen molar-refractivity contribution < 1.29 is 19.6 Å². The van der Waals surface area contributed by atoms with E-state index in [2.05, 4.69) is 5.43 Å². The van der Waals surface area contributed by atoms with Gasteiger partial charge in [0.15, 0.2) is 0 Å². The van der Waals surface area contributed by atoms with Crippen LogP contribution in [0.1, 0.15) is 44.2 Å². The third kappa shape index (κ3) is 9.79. The number of benzene rings is 2. The highest BCUT2D eigenvalue weighted by atomic mass is 16.5. The number of likely N-dealkylation sites (N-methyl/N-ethyl adjacent to an activating group) is 1. The SMILES string of the molecule is CC(C)C[C@@H](C(=O)NN(Cc1ccccc1)C(=O)CN(C)C)C(CCCc1ccccc1)C(=O)NO. The van der Waals surface area contributed by atoms with Crippen molar-refractivity contribution in [2.75, 3.05) is 20.6 Å². The van der Waals surface area contributed by atoms with Gasteiger partial charge in [0.2, 0.25) is 11.8 Å². The Morgan fingerprint density at radius 3 is 1.97 bits per heavy atom. The Morgan fingerprint density at radius 2 is 1.44 bits per heavy atom. The number of hydroxylamine groups is 1. The molecular formula is C28H40N4O4. The molecule has 0 saturated carbocycles. The number of hydrazine groups is 1. The molecule has 2 rings (SSSR count). The van der Waals surface area contributed by atoms with E-state index in [1.54, 1.807) is 24.5 Å². The maximum absolute atomic E-state index is 13.6. The summed E-state index contributed by atoms with van der Waals surface area (Å²) in [5.74, 6) is -2.56. The molecule has 1 unspecified atom stereocenters. The smallest absolute Gasteiger partial charge is 0.255 e. The number of nitrogens with zero attached hydrogens (tertiary/aromatic N) is 2. The molecule has 2 aromatic carbocycles. The van der Waals surface area contributed by atoms with Crippen molar-refractivity contribution in [2.24, 2.45) is 17.8 Å². The molecule has 3 N–H and O–H groups in total. The summed E-state index contributed by atoms with van der Waals surface area (Å²) in [7, 11) is 3.58. The van der Waals surface area contributed by atoms with E-state index in [-0.39, 0.29) is 24.9 Å². The van der Waals surface area contributed by atoms with Crippen molar-refractivity contribution in [1.29, 1.82) is 0 Å². The third-order valence-electron chi connectivity index (χ3n) is 6.00. The van der Waals surface area contributed by atoms with E-state index < -0.39 is 23.7 Å². The Morgan fingerprint density at radius 1 is 0.861 bits per heavy atom. The summed E-state index contributed by atoms with van der Waals surface area (Å²) in [6.07, 6.45) is 2.30. The van der Waals surface area contributed by atoms with Crippen LogP contribution in [0.15, 0.2) is 60.7 Å². The van der Waals surface area contributed by atoms with Gasteiger partial charge in [-0.3, -0.25) is 25.0 Å². The van der Waals surface area contributed by atoms with Crippen LogP contribution in [0.3, 0.4) is 0 Å². The molecule has 0 spiro atoms. The molecule has 0 heterocycles. The average molecular weight is 497 g/mol. The first-order valence-electron chi connectivity index (χ1n) is 12.5. The molecule has 0 aromatic heterocycles. The Hall–Kier alpha value is -3.23. The fraction of sp³-hybridized carbons (Fsp3) is 0.464. The Labute approximate surface area is 214 Å². The number of carbonyl (C=O) groups is 3. The van der Waals surface area contributed by atoms with Crippen molar-refractivity contribution in [2.45, 2.75) is 46.1 Å². The number of hydrogen-bond acceptors (Lipinski definition) is 5. The molecule has 2 aromatic rings. The molecule has 0 aliphatic heterocycles. The van der Waals surface area contributed by atoms with Gasteiger partial charge in [0.05, 0.1) is 24.9 Å². The van der Waals surface area contributed by atoms with Crippen molar-refractivity contribution in [3.63, 3.8) is 0 Å². The third-order valence-corrected chi connectivity index (χ3v) is 6.00. The van der Waals surface area contributed by atoms with Crippen LogP contribution in [0.4, 0.5) is 0 Å². The first-order valence-corrected chi connectivity index (χ1v) is 12.5. The molecule has 8 nitrogen and oxygen atoms in total. The lowest BCUT2D eigenvalue weighted by Crippen LogP contribution is -2.52. The Balaban J connectivity index is 2.23. The predicted molar refractivity (Wildman–Crippen MR) is 139 cm³/mol. The minimum atomic E-state index is -0.733. The Kier molecular flexibility index (Phi) is 12.1. The lowest BCUT2D eigenvalue weighted by molar-refractivity contribution is -0.148. The minimum absolute atomic E-state index is 0.125. The zero-order chi connectivity index (χ0) is 26.5. The van der Waals surface area contributed by atoms with Crippen LogP contribution < -0.4 is 10.9 Å². The van der Waals surface area contributed by atoms with Gasteiger partial charge in [0, 0.05) is 0 Å². The van der Waals surface area contributed by atoms with Gasteiger partial charge in [0.25, 0.3) is 5.91 Å². The van der Waals surface area contributed by atoms with Crippen molar-refractivity contribution in [1.82, 2.24) is 20.8 Å². The molecule has 3 amide bonds. The second-order valence-corrected chi connectivity index (χ2v) is 9.88. The molecule has 0 fully saturated rings. The fourth-order valence-corrected chi connectivity index (χ4v) is 4.26. The van der Waals surface area contributed by atoms with Crippen LogP contribution in [0.25, 0.3) is 0 Å². The minimum Gasteiger partial charge on any atom is -0.301 e.